The van der Waals surface area contributed by atoms with E-state index < -0.39 is 0 Å². The van der Waals surface area contributed by atoms with E-state index in [2.05, 4.69) is 20.8 Å². The Bertz CT molecular complexity index is 192. The van der Waals surface area contributed by atoms with Crippen LogP contribution in [-0.4, -0.2) is 0 Å². The van der Waals surface area contributed by atoms with Crippen molar-refractivity contribution in [2.24, 2.45) is 23.2 Å². The molecule has 0 aromatic rings. The minimum absolute atomic E-state index is 0.687. The number of rotatable bonds is 3. The van der Waals surface area contributed by atoms with Crippen LogP contribution < -0.4 is 0 Å². The van der Waals surface area contributed by atoms with Crippen molar-refractivity contribution < 1.29 is 0 Å². The minimum Gasteiger partial charge on any atom is -0.0649 e. The van der Waals surface area contributed by atoms with Crippen LogP contribution in [0.2, 0.25) is 0 Å². The van der Waals surface area contributed by atoms with E-state index in [9.17, 15) is 0 Å². The van der Waals surface area contributed by atoms with Gasteiger partial charge in [-0.15, -0.1) is 0 Å². The van der Waals surface area contributed by atoms with Gasteiger partial charge in [-0.3, -0.25) is 0 Å². The van der Waals surface area contributed by atoms with Crippen LogP contribution >= 0.6 is 0 Å². The summed E-state index contributed by atoms with van der Waals surface area (Å²) in [6.45, 7) is 7.38. The Balaban J connectivity index is 1.91. The van der Waals surface area contributed by atoms with Crippen LogP contribution in [0.3, 0.4) is 0 Å². The molecule has 0 heterocycles. The molecule has 2 fully saturated rings. The molecular formula is C14H26. The second-order valence-electron chi connectivity index (χ2n) is 6.32. The maximum Gasteiger partial charge on any atom is -0.0326 e. The zero-order valence-corrected chi connectivity index (χ0v) is 10.2. The van der Waals surface area contributed by atoms with E-state index in [0.717, 1.165) is 17.8 Å². The number of hydrogen-bond donors (Lipinski definition) is 0. The highest BCUT2D eigenvalue weighted by Crippen LogP contribution is 2.49. The van der Waals surface area contributed by atoms with Crippen molar-refractivity contribution in [2.45, 2.75) is 65.7 Å². The van der Waals surface area contributed by atoms with Gasteiger partial charge >= 0.3 is 0 Å². The Hall–Kier alpha value is 0. The summed E-state index contributed by atoms with van der Waals surface area (Å²) in [4.78, 5) is 0. The third-order valence-corrected chi connectivity index (χ3v) is 4.95. The van der Waals surface area contributed by atoms with Crippen LogP contribution in [0.5, 0.6) is 0 Å². The highest BCUT2D eigenvalue weighted by Gasteiger charge is 2.37. The van der Waals surface area contributed by atoms with E-state index in [4.69, 9.17) is 0 Å². The minimum atomic E-state index is 0.687. The van der Waals surface area contributed by atoms with Gasteiger partial charge in [0.15, 0.2) is 0 Å². The summed E-state index contributed by atoms with van der Waals surface area (Å²) in [6, 6.07) is 0. The lowest BCUT2D eigenvalue weighted by molar-refractivity contribution is 0.0976. The van der Waals surface area contributed by atoms with E-state index in [1.54, 1.807) is 6.42 Å². The molecule has 82 valence electrons. The van der Waals surface area contributed by atoms with Gasteiger partial charge in [0.2, 0.25) is 0 Å². The van der Waals surface area contributed by atoms with Crippen LogP contribution in [0.25, 0.3) is 0 Å². The van der Waals surface area contributed by atoms with Crippen LogP contribution in [-0.2, 0) is 0 Å². The molecule has 0 N–H and O–H groups in total. The molecule has 2 aliphatic rings. The lowest BCUT2D eigenvalue weighted by atomic mass is 9.64. The van der Waals surface area contributed by atoms with E-state index in [1.807, 2.05) is 0 Å². The average molecular weight is 194 g/mol. The average Bonchev–Trinajstić information content (AvgIpc) is 2.96. The van der Waals surface area contributed by atoms with Gasteiger partial charge < -0.3 is 0 Å². The molecule has 3 atom stereocenters. The zero-order chi connectivity index (χ0) is 10.2. The lowest BCUT2D eigenvalue weighted by Crippen LogP contribution is -2.30. The highest BCUT2D eigenvalue weighted by atomic mass is 14.4. The molecule has 0 bridgehead atoms. The summed E-state index contributed by atoms with van der Waals surface area (Å²) in [5.41, 5.74) is 0.687. The second-order valence-corrected chi connectivity index (χ2v) is 6.32. The fourth-order valence-corrected chi connectivity index (χ4v) is 3.17. The maximum atomic E-state index is 2.51. The van der Waals surface area contributed by atoms with Crippen LogP contribution in [0.15, 0.2) is 0 Å². The topological polar surface area (TPSA) is 0 Å². The van der Waals surface area contributed by atoms with Crippen LogP contribution in [0.4, 0.5) is 0 Å². The Morgan fingerprint density at radius 2 is 1.93 bits per heavy atom. The highest BCUT2D eigenvalue weighted by molar-refractivity contribution is 4.88. The standard InChI is InChI=1S/C14H26/c1-4-14(3)8-7-11(2)13(10-14)9-12-5-6-12/h11-13H,4-10H2,1-3H3. The molecule has 2 rings (SSSR count). The fourth-order valence-electron chi connectivity index (χ4n) is 3.17. The first-order valence-electron chi connectivity index (χ1n) is 6.63. The van der Waals surface area contributed by atoms with E-state index in [1.165, 1.54) is 38.5 Å². The summed E-state index contributed by atoms with van der Waals surface area (Å²) in [7, 11) is 0. The van der Waals surface area contributed by atoms with E-state index >= 15 is 0 Å². The fraction of sp³-hybridized carbons (Fsp3) is 1.00. The smallest absolute Gasteiger partial charge is 0.0326 e. The molecule has 0 heteroatoms. The van der Waals surface area contributed by atoms with Gasteiger partial charge in [-0.2, -0.15) is 0 Å². The zero-order valence-electron chi connectivity index (χ0n) is 10.2. The SMILES string of the molecule is CCC1(C)CCC(C)C(CC2CC2)C1. The van der Waals surface area contributed by atoms with Gasteiger partial charge in [0.1, 0.15) is 0 Å². The molecule has 14 heavy (non-hydrogen) atoms. The quantitative estimate of drug-likeness (QED) is 0.614. The van der Waals surface area contributed by atoms with Crippen molar-refractivity contribution in [1.82, 2.24) is 0 Å². The monoisotopic (exact) mass is 194 g/mol. The third-order valence-electron chi connectivity index (χ3n) is 4.95. The van der Waals surface area contributed by atoms with Crippen molar-refractivity contribution in [1.29, 1.82) is 0 Å². The normalized spacial score (nSPS) is 43.9. The largest absolute Gasteiger partial charge is 0.0649 e. The van der Waals surface area contributed by atoms with Gasteiger partial charge in [-0.1, -0.05) is 40.0 Å². The van der Waals surface area contributed by atoms with Crippen molar-refractivity contribution in [3.05, 3.63) is 0 Å². The van der Waals surface area contributed by atoms with E-state index in [0.29, 0.717) is 5.41 Å². The predicted molar refractivity (Wildman–Crippen MR) is 62.2 cm³/mol. The molecule has 0 aromatic carbocycles. The Kier molecular flexibility index (Phi) is 2.91. The summed E-state index contributed by atoms with van der Waals surface area (Å²) in [5.74, 6) is 3.19. The van der Waals surface area contributed by atoms with Crippen LogP contribution in [0.1, 0.15) is 65.7 Å². The first-order valence-corrected chi connectivity index (χ1v) is 6.63. The first-order chi connectivity index (χ1) is 6.63. The van der Waals surface area contributed by atoms with Gasteiger partial charge in [-0.05, 0) is 48.9 Å². The van der Waals surface area contributed by atoms with Crippen molar-refractivity contribution >= 4 is 0 Å². The molecule has 0 radical (unpaired) electrons. The van der Waals surface area contributed by atoms with Gasteiger partial charge in [-0.25, -0.2) is 0 Å². The lowest BCUT2D eigenvalue weighted by Gasteiger charge is -2.41. The molecule has 3 unspecified atom stereocenters. The van der Waals surface area contributed by atoms with E-state index in [-0.39, 0.29) is 0 Å². The Labute approximate surface area is 89.5 Å². The molecule has 2 saturated carbocycles. The summed E-state index contributed by atoms with van der Waals surface area (Å²) >= 11 is 0. The molecule has 0 amide bonds. The summed E-state index contributed by atoms with van der Waals surface area (Å²) in [5, 5.41) is 0. The molecule has 0 saturated heterocycles. The Morgan fingerprint density at radius 3 is 2.50 bits per heavy atom. The predicted octanol–water partition coefficient (Wildman–Crippen LogP) is 4.64. The first kappa shape index (κ1) is 10.5. The second kappa shape index (κ2) is 3.87. The molecule has 0 aromatic heterocycles. The van der Waals surface area contributed by atoms with Crippen molar-refractivity contribution in [2.75, 3.05) is 0 Å². The van der Waals surface area contributed by atoms with Gasteiger partial charge in [0.25, 0.3) is 0 Å². The molecule has 0 spiro atoms. The Morgan fingerprint density at radius 1 is 1.21 bits per heavy atom. The van der Waals surface area contributed by atoms with Crippen molar-refractivity contribution in [3.63, 3.8) is 0 Å². The molecule has 2 aliphatic carbocycles. The number of hydrogen-bond acceptors (Lipinski definition) is 0. The molecule has 0 nitrogen and oxygen atoms in total. The van der Waals surface area contributed by atoms with Crippen molar-refractivity contribution in [3.8, 4) is 0 Å². The maximum absolute atomic E-state index is 2.51. The molecule has 0 aliphatic heterocycles. The van der Waals surface area contributed by atoms with Gasteiger partial charge in [0.05, 0.1) is 0 Å². The summed E-state index contributed by atoms with van der Waals surface area (Å²) in [6.07, 6.45) is 10.5. The third kappa shape index (κ3) is 2.32. The molecular weight excluding hydrogens is 168 g/mol. The summed E-state index contributed by atoms with van der Waals surface area (Å²) < 4.78 is 0. The van der Waals surface area contributed by atoms with Crippen LogP contribution in [0, 0.1) is 23.2 Å². The van der Waals surface area contributed by atoms with Gasteiger partial charge in [0, 0.05) is 0 Å².